The van der Waals surface area contributed by atoms with Gasteiger partial charge in [0.15, 0.2) is 0 Å². The van der Waals surface area contributed by atoms with Crippen LogP contribution in [0, 0.1) is 5.92 Å². The maximum atomic E-state index is 11.9. The highest BCUT2D eigenvalue weighted by Gasteiger charge is 2.28. The minimum atomic E-state index is -0.164. The summed E-state index contributed by atoms with van der Waals surface area (Å²) in [7, 11) is 0. The van der Waals surface area contributed by atoms with Crippen molar-refractivity contribution in [1.82, 2.24) is 5.32 Å². The fourth-order valence-electron chi connectivity index (χ4n) is 3.61. The first-order valence-corrected chi connectivity index (χ1v) is 8.07. The van der Waals surface area contributed by atoms with Crippen molar-refractivity contribution in [3.05, 3.63) is 35.4 Å². The first-order chi connectivity index (χ1) is 10.1. The third kappa shape index (κ3) is 3.17. The lowest BCUT2D eigenvalue weighted by Gasteiger charge is -2.27. The second-order valence-corrected chi connectivity index (χ2v) is 6.63. The Morgan fingerprint density at radius 1 is 0.905 bits per heavy atom. The quantitative estimate of drug-likeness (QED) is 0.845. The minimum absolute atomic E-state index is 0.148. The molecule has 1 aromatic carbocycles. The van der Waals surface area contributed by atoms with Crippen molar-refractivity contribution < 1.29 is 9.59 Å². The zero-order chi connectivity index (χ0) is 14.8. The largest absolute Gasteiger partial charge is 0.296 e. The lowest BCUT2D eigenvalue weighted by Crippen LogP contribution is -2.39. The van der Waals surface area contributed by atoms with Crippen LogP contribution in [0.5, 0.6) is 0 Å². The van der Waals surface area contributed by atoms with Gasteiger partial charge in [-0.05, 0) is 42.2 Å². The summed E-state index contributed by atoms with van der Waals surface area (Å²) in [5.41, 5.74) is 2.44. The first kappa shape index (κ1) is 14.3. The molecule has 1 N–H and O–H groups in total. The van der Waals surface area contributed by atoms with Crippen LogP contribution >= 0.6 is 0 Å². The van der Waals surface area contributed by atoms with Gasteiger partial charge in [-0.2, -0.15) is 0 Å². The standard InChI is InChI=1S/C18H23NO2/c1-12-2-4-13(5-3-12)14-6-8-15(9-7-14)16-10-11-17(20)19-18(16)21/h6-9,12-13,16H,2-5,10-11H2,1H3,(H,19,20,21). The normalized spacial score (nSPS) is 30.0. The molecule has 1 unspecified atom stereocenters. The van der Waals surface area contributed by atoms with Gasteiger partial charge in [-0.15, -0.1) is 0 Å². The Morgan fingerprint density at radius 3 is 2.14 bits per heavy atom. The number of benzene rings is 1. The third-order valence-corrected chi connectivity index (χ3v) is 5.07. The van der Waals surface area contributed by atoms with Crippen molar-refractivity contribution in [2.45, 2.75) is 57.3 Å². The first-order valence-electron chi connectivity index (χ1n) is 8.07. The number of amides is 2. The summed E-state index contributed by atoms with van der Waals surface area (Å²) in [6.07, 6.45) is 6.26. The minimum Gasteiger partial charge on any atom is -0.296 e. The summed E-state index contributed by atoms with van der Waals surface area (Å²) in [6.45, 7) is 2.34. The van der Waals surface area contributed by atoms with Gasteiger partial charge in [0.25, 0.3) is 0 Å². The van der Waals surface area contributed by atoms with Crippen LogP contribution in [0.1, 0.15) is 68.4 Å². The fraction of sp³-hybridized carbons (Fsp3) is 0.556. The summed E-state index contributed by atoms with van der Waals surface area (Å²) in [5.74, 6) is 1.08. The van der Waals surface area contributed by atoms with E-state index in [0.29, 0.717) is 18.8 Å². The molecule has 1 saturated carbocycles. The van der Waals surface area contributed by atoms with Crippen molar-refractivity contribution in [3.8, 4) is 0 Å². The number of piperidine rings is 1. The van der Waals surface area contributed by atoms with E-state index < -0.39 is 0 Å². The van der Waals surface area contributed by atoms with Gasteiger partial charge < -0.3 is 0 Å². The van der Waals surface area contributed by atoms with Gasteiger partial charge in [-0.1, -0.05) is 44.0 Å². The second-order valence-electron chi connectivity index (χ2n) is 6.63. The van der Waals surface area contributed by atoms with E-state index in [2.05, 4.69) is 36.5 Å². The fourth-order valence-corrected chi connectivity index (χ4v) is 3.61. The SMILES string of the molecule is CC1CCC(c2ccc(C3CCC(=O)NC3=O)cc2)CC1. The van der Waals surface area contributed by atoms with Crippen LogP contribution in [0.2, 0.25) is 0 Å². The van der Waals surface area contributed by atoms with Crippen LogP contribution in [0.25, 0.3) is 0 Å². The van der Waals surface area contributed by atoms with Crippen molar-refractivity contribution in [1.29, 1.82) is 0 Å². The molecule has 2 fully saturated rings. The van der Waals surface area contributed by atoms with Crippen LogP contribution in [-0.2, 0) is 9.59 Å². The average molecular weight is 285 g/mol. The Morgan fingerprint density at radius 2 is 1.52 bits per heavy atom. The summed E-state index contributed by atoms with van der Waals surface area (Å²) < 4.78 is 0. The summed E-state index contributed by atoms with van der Waals surface area (Å²) in [6, 6.07) is 8.51. The zero-order valence-electron chi connectivity index (χ0n) is 12.6. The average Bonchev–Trinajstić information content (AvgIpc) is 2.48. The molecule has 21 heavy (non-hydrogen) atoms. The van der Waals surface area contributed by atoms with Crippen LogP contribution in [0.4, 0.5) is 0 Å². The highest BCUT2D eigenvalue weighted by Crippen LogP contribution is 2.36. The van der Waals surface area contributed by atoms with E-state index in [1.807, 2.05) is 0 Å². The maximum absolute atomic E-state index is 11.9. The smallest absolute Gasteiger partial charge is 0.234 e. The maximum Gasteiger partial charge on any atom is 0.234 e. The molecule has 3 heteroatoms. The molecule has 1 heterocycles. The van der Waals surface area contributed by atoms with Gasteiger partial charge in [-0.3, -0.25) is 14.9 Å². The Bertz CT molecular complexity index is 527. The van der Waals surface area contributed by atoms with Gasteiger partial charge in [0, 0.05) is 6.42 Å². The molecule has 2 amide bonds. The summed E-state index contributed by atoms with van der Waals surface area (Å²) in [4.78, 5) is 23.1. The number of carbonyl (C=O) groups excluding carboxylic acids is 2. The molecule has 1 aliphatic carbocycles. The topological polar surface area (TPSA) is 46.2 Å². The Hall–Kier alpha value is -1.64. The molecule has 0 radical (unpaired) electrons. The molecule has 0 aromatic heterocycles. The van der Waals surface area contributed by atoms with E-state index in [0.717, 1.165) is 11.5 Å². The molecule has 1 saturated heterocycles. The van der Waals surface area contributed by atoms with Gasteiger partial charge in [0.2, 0.25) is 11.8 Å². The molecule has 1 aromatic rings. The van der Waals surface area contributed by atoms with Gasteiger partial charge in [0.05, 0.1) is 5.92 Å². The number of hydrogen-bond donors (Lipinski definition) is 1. The van der Waals surface area contributed by atoms with Crippen LogP contribution < -0.4 is 5.32 Å². The predicted octanol–water partition coefficient (Wildman–Crippen LogP) is 3.50. The van der Waals surface area contributed by atoms with Crippen LogP contribution in [0.15, 0.2) is 24.3 Å². The number of imide groups is 1. The molecule has 3 rings (SSSR count). The highest BCUT2D eigenvalue weighted by atomic mass is 16.2. The Kier molecular flexibility index (Phi) is 4.09. The van der Waals surface area contributed by atoms with E-state index in [4.69, 9.17) is 0 Å². The molecule has 1 atom stereocenters. The van der Waals surface area contributed by atoms with E-state index in [9.17, 15) is 9.59 Å². The van der Waals surface area contributed by atoms with Gasteiger partial charge >= 0.3 is 0 Å². The second kappa shape index (κ2) is 6.00. The van der Waals surface area contributed by atoms with Crippen molar-refractivity contribution in [3.63, 3.8) is 0 Å². The van der Waals surface area contributed by atoms with Gasteiger partial charge in [0.1, 0.15) is 0 Å². The van der Waals surface area contributed by atoms with Gasteiger partial charge in [-0.25, -0.2) is 0 Å². The number of nitrogens with one attached hydrogen (secondary N) is 1. The number of hydrogen-bond acceptors (Lipinski definition) is 2. The zero-order valence-corrected chi connectivity index (χ0v) is 12.6. The predicted molar refractivity (Wildman–Crippen MR) is 81.9 cm³/mol. The lowest BCUT2D eigenvalue weighted by atomic mass is 9.79. The summed E-state index contributed by atoms with van der Waals surface area (Å²) >= 11 is 0. The van der Waals surface area contributed by atoms with E-state index >= 15 is 0 Å². The Balaban J connectivity index is 1.69. The number of carbonyl (C=O) groups is 2. The molecule has 2 aliphatic rings. The Labute approximate surface area is 126 Å². The highest BCUT2D eigenvalue weighted by molar-refractivity contribution is 6.00. The third-order valence-electron chi connectivity index (χ3n) is 5.07. The molecular formula is C18H23NO2. The van der Waals surface area contributed by atoms with E-state index in [-0.39, 0.29) is 17.7 Å². The van der Waals surface area contributed by atoms with E-state index in [1.54, 1.807) is 0 Å². The van der Waals surface area contributed by atoms with Crippen molar-refractivity contribution in [2.75, 3.05) is 0 Å². The lowest BCUT2D eigenvalue weighted by molar-refractivity contribution is -0.134. The molecule has 3 nitrogen and oxygen atoms in total. The number of rotatable bonds is 2. The van der Waals surface area contributed by atoms with Crippen LogP contribution in [0.3, 0.4) is 0 Å². The molecule has 0 bridgehead atoms. The molecule has 112 valence electrons. The monoisotopic (exact) mass is 285 g/mol. The van der Waals surface area contributed by atoms with Crippen LogP contribution in [-0.4, -0.2) is 11.8 Å². The summed E-state index contributed by atoms with van der Waals surface area (Å²) in [5, 5.41) is 2.43. The molecule has 1 aliphatic heterocycles. The van der Waals surface area contributed by atoms with Crippen molar-refractivity contribution >= 4 is 11.8 Å². The van der Waals surface area contributed by atoms with Crippen molar-refractivity contribution in [2.24, 2.45) is 5.92 Å². The molecular weight excluding hydrogens is 262 g/mol. The van der Waals surface area contributed by atoms with E-state index in [1.165, 1.54) is 31.2 Å². The molecule has 0 spiro atoms.